The quantitative estimate of drug-likeness (QED) is 0.821. The number of fused-ring (bicyclic) bond motifs is 1. The number of hydrogen-bond acceptors (Lipinski definition) is 2. The Kier molecular flexibility index (Phi) is 2.78. The average molecular weight is 266 g/mol. The van der Waals surface area contributed by atoms with Gasteiger partial charge in [0.15, 0.2) is 0 Å². The molecule has 3 heteroatoms. The fourth-order valence-corrected chi connectivity index (χ4v) is 2.67. The van der Waals surface area contributed by atoms with Crippen LogP contribution in [0, 0.1) is 0 Å². The first-order valence-corrected chi connectivity index (χ1v) is 6.76. The van der Waals surface area contributed by atoms with Crippen LogP contribution in [0.25, 0.3) is 0 Å². The largest absolute Gasteiger partial charge is 0.399 e. The molecule has 0 fully saturated rings. The van der Waals surface area contributed by atoms with Crippen LogP contribution < -0.4 is 11.1 Å². The van der Waals surface area contributed by atoms with E-state index < -0.39 is 5.41 Å². The van der Waals surface area contributed by atoms with Gasteiger partial charge in [-0.25, -0.2) is 0 Å². The summed E-state index contributed by atoms with van der Waals surface area (Å²) in [7, 11) is 0. The third-order valence-corrected chi connectivity index (χ3v) is 3.93. The van der Waals surface area contributed by atoms with E-state index in [9.17, 15) is 4.79 Å². The van der Waals surface area contributed by atoms with Gasteiger partial charge in [-0.05, 0) is 55.2 Å². The fourth-order valence-electron chi connectivity index (χ4n) is 2.67. The highest BCUT2D eigenvalue weighted by Gasteiger charge is 2.38. The minimum atomic E-state index is -0.457. The standard InChI is InChI=1S/C17H18N2O/c1-17(2)14-10-12(6-7-15(14)19-16(17)20)8-11-4-3-5-13(18)9-11/h3-7,9-10H,8,18H2,1-2H3,(H,19,20). The molecule has 1 aliphatic rings. The molecule has 3 N–H and O–H groups in total. The second kappa shape index (κ2) is 4.37. The van der Waals surface area contributed by atoms with Crippen LogP contribution in [0.15, 0.2) is 42.5 Å². The van der Waals surface area contributed by atoms with Crippen LogP contribution in [0.5, 0.6) is 0 Å². The summed E-state index contributed by atoms with van der Waals surface area (Å²) in [6.07, 6.45) is 0.822. The summed E-state index contributed by atoms with van der Waals surface area (Å²) < 4.78 is 0. The summed E-state index contributed by atoms with van der Waals surface area (Å²) >= 11 is 0. The lowest BCUT2D eigenvalue weighted by Crippen LogP contribution is -2.26. The van der Waals surface area contributed by atoms with E-state index in [-0.39, 0.29) is 5.91 Å². The van der Waals surface area contributed by atoms with Crippen LogP contribution in [-0.2, 0) is 16.6 Å². The molecule has 20 heavy (non-hydrogen) atoms. The number of rotatable bonds is 2. The van der Waals surface area contributed by atoms with Gasteiger partial charge >= 0.3 is 0 Å². The second-order valence-electron chi connectivity index (χ2n) is 5.88. The second-order valence-corrected chi connectivity index (χ2v) is 5.88. The van der Waals surface area contributed by atoms with Crippen LogP contribution in [-0.4, -0.2) is 5.91 Å². The van der Waals surface area contributed by atoms with E-state index >= 15 is 0 Å². The van der Waals surface area contributed by atoms with E-state index in [4.69, 9.17) is 5.73 Å². The maximum atomic E-state index is 11.9. The lowest BCUT2D eigenvalue weighted by Gasteiger charge is -2.16. The molecule has 0 saturated carbocycles. The molecule has 0 bridgehead atoms. The van der Waals surface area contributed by atoms with Crippen molar-refractivity contribution in [3.63, 3.8) is 0 Å². The Morgan fingerprint density at radius 3 is 2.60 bits per heavy atom. The third-order valence-electron chi connectivity index (χ3n) is 3.93. The zero-order valence-corrected chi connectivity index (χ0v) is 11.7. The normalized spacial score (nSPS) is 15.8. The van der Waals surface area contributed by atoms with Gasteiger partial charge in [0.25, 0.3) is 0 Å². The molecule has 0 spiro atoms. The summed E-state index contributed by atoms with van der Waals surface area (Å²) in [5, 5.41) is 2.93. The number of nitrogens with one attached hydrogen (secondary N) is 1. The minimum Gasteiger partial charge on any atom is -0.399 e. The summed E-state index contributed by atoms with van der Waals surface area (Å²) in [5.41, 5.74) is 10.5. The summed E-state index contributed by atoms with van der Waals surface area (Å²) in [6.45, 7) is 3.91. The van der Waals surface area contributed by atoms with Crippen molar-refractivity contribution < 1.29 is 4.79 Å². The fraction of sp³-hybridized carbons (Fsp3) is 0.235. The van der Waals surface area contributed by atoms with Gasteiger partial charge in [0.2, 0.25) is 5.91 Å². The van der Waals surface area contributed by atoms with Gasteiger partial charge < -0.3 is 11.1 Å². The van der Waals surface area contributed by atoms with Gasteiger partial charge in [0.1, 0.15) is 0 Å². The van der Waals surface area contributed by atoms with E-state index in [1.165, 1.54) is 11.1 Å². The summed E-state index contributed by atoms with van der Waals surface area (Å²) in [5.74, 6) is 0.0635. The van der Waals surface area contributed by atoms with Crippen molar-refractivity contribution >= 4 is 17.3 Å². The van der Waals surface area contributed by atoms with Crippen molar-refractivity contribution in [3.8, 4) is 0 Å². The monoisotopic (exact) mass is 266 g/mol. The first-order valence-electron chi connectivity index (χ1n) is 6.76. The van der Waals surface area contributed by atoms with Crippen LogP contribution in [0.3, 0.4) is 0 Å². The summed E-state index contributed by atoms with van der Waals surface area (Å²) in [6, 6.07) is 14.1. The van der Waals surface area contributed by atoms with Crippen molar-refractivity contribution in [2.24, 2.45) is 0 Å². The maximum Gasteiger partial charge on any atom is 0.234 e. The zero-order chi connectivity index (χ0) is 14.3. The summed E-state index contributed by atoms with van der Waals surface area (Å²) in [4.78, 5) is 11.9. The topological polar surface area (TPSA) is 55.1 Å². The van der Waals surface area contributed by atoms with E-state index in [2.05, 4.69) is 23.5 Å². The minimum absolute atomic E-state index is 0.0635. The SMILES string of the molecule is CC1(C)C(=O)Nc2ccc(Cc3cccc(N)c3)cc21. The Hall–Kier alpha value is -2.29. The van der Waals surface area contributed by atoms with Crippen LogP contribution >= 0.6 is 0 Å². The van der Waals surface area contributed by atoms with E-state index in [0.717, 1.165) is 23.4 Å². The molecule has 3 nitrogen and oxygen atoms in total. The van der Waals surface area contributed by atoms with Crippen molar-refractivity contribution in [3.05, 3.63) is 59.2 Å². The highest BCUT2D eigenvalue weighted by Crippen LogP contribution is 2.37. The molecule has 0 unspecified atom stereocenters. The maximum absolute atomic E-state index is 11.9. The number of carbonyl (C=O) groups excluding carboxylic acids is 1. The Morgan fingerprint density at radius 1 is 1.10 bits per heavy atom. The number of benzene rings is 2. The van der Waals surface area contributed by atoms with E-state index in [1.54, 1.807) is 0 Å². The molecule has 3 rings (SSSR count). The highest BCUT2D eigenvalue weighted by molar-refractivity contribution is 6.05. The molecule has 1 aliphatic heterocycles. The first kappa shape index (κ1) is 12.7. The number of hydrogen-bond donors (Lipinski definition) is 2. The average Bonchev–Trinajstić information content (AvgIpc) is 2.61. The van der Waals surface area contributed by atoms with Crippen molar-refractivity contribution in [2.75, 3.05) is 11.1 Å². The lowest BCUT2D eigenvalue weighted by molar-refractivity contribution is -0.119. The van der Waals surface area contributed by atoms with Gasteiger partial charge in [-0.15, -0.1) is 0 Å². The molecule has 0 radical (unpaired) electrons. The van der Waals surface area contributed by atoms with Gasteiger partial charge in [-0.2, -0.15) is 0 Å². The Balaban J connectivity index is 1.94. The van der Waals surface area contributed by atoms with Crippen LogP contribution in [0.2, 0.25) is 0 Å². The highest BCUT2D eigenvalue weighted by atomic mass is 16.2. The molecular weight excluding hydrogens is 248 g/mol. The molecule has 0 aliphatic carbocycles. The Bertz CT molecular complexity index is 689. The van der Waals surface area contributed by atoms with Gasteiger partial charge in [-0.3, -0.25) is 4.79 Å². The lowest BCUT2D eigenvalue weighted by atomic mass is 9.85. The number of amides is 1. The molecule has 0 saturated heterocycles. The predicted molar refractivity (Wildman–Crippen MR) is 81.8 cm³/mol. The molecular formula is C17H18N2O. The molecule has 1 amide bonds. The number of anilines is 2. The molecule has 102 valence electrons. The molecule has 1 heterocycles. The van der Waals surface area contributed by atoms with Gasteiger partial charge in [0, 0.05) is 11.4 Å². The number of nitrogen functional groups attached to an aromatic ring is 1. The van der Waals surface area contributed by atoms with Gasteiger partial charge in [-0.1, -0.05) is 24.3 Å². The molecule has 0 atom stereocenters. The number of nitrogens with two attached hydrogens (primary N) is 1. The number of carbonyl (C=O) groups is 1. The molecule has 2 aromatic carbocycles. The van der Waals surface area contributed by atoms with Crippen LogP contribution in [0.1, 0.15) is 30.5 Å². The molecule has 2 aromatic rings. The van der Waals surface area contributed by atoms with E-state index in [1.807, 2.05) is 38.1 Å². The molecule has 0 aromatic heterocycles. The van der Waals surface area contributed by atoms with E-state index in [0.29, 0.717) is 0 Å². The third kappa shape index (κ3) is 2.05. The predicted octanol–water partition coefficient (Wildman–Crippen LogP) is 3.09. The van der Waals surface area contributed by atoms with Crippen molar-refractivity contribution in [2.45, 2.75) is 25.7 Å². The van der Waals surface area contributed by atoms with Crippen molar-refractivity contribution in [1.29, 1.82) is 0 Å². The Morgan fingerprint density at radius 2 is 1.85 bits per heavy atom. The Labute approximate surface area is 118 Å². The smallest absolute Gasteiger partial charge is 0.234 e. The van der Waals surface area contributed by atoms with Gasteiger partial charge in [0.05, 0.1) is 5.41 Å². The van der Waals surface area contributed by atoms with Crippen LogP contribution in [0.4, 0.5) is 11.4 Å². The first-order chi connectivity index (χ1) is 9.46. The van der Waals surface area contributed by atoms with Crippen molar-refractivity contribution in [1.82, 2.24) is 0 Å². The zero-order valence-electron chi connectivity index (χ0n) is 11.7.